The van der Waals surface area contributed by atoms with E-state index in [1.165, 1.54) is 4.90 Å². The van der Waals surface area contributed by atoms with Crippen LogP contribution in [0.5, 0.6) is 0 Å². The second kappa shape index (κ2) is 5.85. The highest BCUT2D eigenvalue weighted by atomic mass is 16.5. The molecule has 1 aliphatic heterocycles. The number of nitrogens with two attached hydrogens (primary N) is 1. The van der Waals surface area contributed by atoms with Gasteiger partial charge < -0.3 is 20.3 Å². The summed E-state index contributed by atoms with van der Waals surface area (Å²) >= 11 is 0. The fraction of sp³-hybridized carbons (Fsp3) is 0.643. The Balaban J connectivity index is 2.28. The Morgan fingerprint density at radius 3 is 2.67 bits per heavy atom. The molecule has 1 fully saturated rings. The first kappa shape index (κ1) is 15.5. The first-order valence-electron chi connectivity index (χ1n) is 7.02. The lowest BCUT2D eigenvalue weighted by molar-refractivity contribution is -0.139. The molecule has 0 aromatic carbocycles. The number of carbonyl (C=O) groups excluding carboxylic acids is 2. The molecule has 0 radical (unpaired) electrons. The molecule has 1 aromatic heterocycles. The lowest BCUT2D eigenvalue weighted by atomic mass is 9.91. The second-order valence-electron chi connectivity index (χ2n) is 5.89. The SMILES string of the molecule is Cc1cc(C(C(=O)N2CC(O)CC2C(N)=O)C(C)C)on1. The normalized spacial score (nSPS) is 23.6. The Labute approximate surface area is 123 Å². The molecule has 21 heavy (non-hydrogen) atoms. The molecule has 0 spiro atoms. The molecule has 2 heterocycles. The second-order valence-corrected chi connectivity index (χ2v) is 5.89. The minimum atomic E-state index is -0.766. The van der Waals surface area contributed by atoms with Gasteiger partial charge in [0, 0.05) is 19.0 Å². The average molecular weight is 295 g/mol. The number of amides is 2. The van der Waals surface area contributed by atoms with Crippen molar-refractivity contribution in [2.45, 2.75) is 45.3 Å². The quantitative estimate of drug-likeness (QED) is 0.822. The highest BCUT2D eigenvalue weighted by Gasteiger charge is 2.42. The molecule has 116 valence electrons. The first-order chi connectivity index (χ1) is 9.81. The van der Waals surface area contributed by atoms with E-state index in [4.69, 9.17) is 10.3 Å². The van der Waals surface area contributed by atoms with Gasteiger partial charge in [0.05, 0.1) is 11.8 Å². The largest absolute Gasteiger partial charge is 0.391 e. The van der Waals surface area contributed by atoms with Crippen LogP contribution >= 0.6 is 0 Å². The predicted molar refractivity (Wildman–Crippen MR) is 74.1 cm³/mol. The minimum absolute atomic E-state index is 0.0314. The van der Waals surface area contributed by atoms with Crippen molar-refractivity contribution in [1.29, 1.82) is 0 Å². The molecule has 0 saturated carbocycles. The summed E-state index contributed by atoms with van der Waals surface area (Å²) in [5.41, 5.74) is 6.02. The first-order valence-corrected chi connectivity index (χ1v) is 7.02. The van der Waals surface area contributed by atoms with Crippen molar-refractivity contribution in [3.63, 3.8) is 0 Å². The van der Waals surface area contributed by atoms with Crippen LogP contribution in [0, 0.1) is 12.8 Å². The van der Waals surface area contributed by atoms with E-state index in [1.54, 1.807) is 13.0 Å². The molecule has 3 unspecified atom stereocenters. The van der Waals surface area contributed by atoms with Crippen LogP contribution in [-0.4, -0.2) is 45.7 Å². The van der Waals surface area contributed by atoms with Crippen LogP contribution in [0.3, 0.4) is 0 Å². The molecule has 7 heteroatoms. The fourth-order valence-corrected chi connectivity index (χ4v) is 2.77. The van der Waals surface area contributed by atoms with Gasteiger partial charge in [0.2, 0.25) is 11.8 Å². The van der Waals surface area contributed by atoms with E-state index < -0.39 is 24.0 Å². The number of rotatable bonds is 4. The molecule has 2 rings (SSSR count). The average Bonchev–Trinajstić information content (AvgIpc) is 2.95. The molecule has 3 N–H and O–H groups in total. The van der Waals surface area contributed by atoms with Gasteiger partial charge in [0.25, 0.3) is 0 Å². The monoisotopic (exact) mass is 295 g/mol. The van der Waals surface area contributed by atoms with Crippen LogP contribution < -0.4 is 5.73 Å². The van der Waals surface area contributed by atoms with Crippen molar-refractivity contribution in [2.75, 3.05) is 6.54 Å². The molecular formula is C14H21N3O4. The molecular weight excluding hydrogens is 274 g/mol. The number of aliphatic hydroxyl groups is 1. The van der Waals surface area contributed by atoms with Gasteiger partial charge in [-0.25, -0.2) is 0 Å². The molecule has 7 nitrogen and oxygen atoms in total. The highest BCUT2D eigenvalue weighted by molar-refractivity contribution is 5.90. The number of aromatic nitrogens is 1. The van der Waals surface area contributed by atoms with E-state index >= 15 is 0 Å². The Bertz CT molecular complexity index is 540. The summed E-state index contributed by atoms with van der Waals surface area (Å²) < 4.78 is 5.21. The van der Waals surface area contributed by atoms with Crippen LogP contribution in [0.25, 0.3) is 0 Å². The molecule has 1 aliphatic rings. The van der Waals surface area contributed by atoms with E-state index in [0.29, 0.717) is 11.5 Å². The van der Waals surface area contributed by atoms with Gasteiger partial charge in [-0.1, -0.05) is 19.0 Å². The van der Waals surface area contributed by atoms with Gasteiger partial charge in [-0.15, -0.1) is 0 Å². The molecule has 1 saturated heterocycles. The van der Waals surface area contributed by atoms with Crippen molar-refractivity contribution < 1.29 is 19.2 Å². The minimum Gasteiger partial charge on any atom is -0.391 e. The molecule has 1 aromatic rings. The van der Waals surface area contributed by atoms with Gasteiger partial charge >= 0.3 is 0 Å². The smallest absolute Gasteiger partial charge is 0.240 e. The maximum absolute atomic E-state index is 12.8. The maximum atomic E-state index is 12.8. The number of β-amino-alcohol motifs (C(OH)–C–C–N with tert-alkyl or cyclic N) is 1. The number of hydrogen-bond acceptors (Lipinski definition) is 5. The van der Waals surface area contributed by atoms with Crippen molar-refractivity contribution in [3.05, 3.63) is 17.5 Å². The van der Waals surface area contributed by atoms with Gasteiger partial charge in [0.15, 0.2) is 0 Å². The summed E-state index contributed by atoms with van der Waals surface area (Å²) in [7, 11) is 0. The molecule has 2 amide bonds. The Morgan fingerprint density at radius 2 is 2.19 bits per heavy atom. The predicted octanol–water partition coefficient (Wildman–Crippen LogP) is 0.170. The summed E-state index contributed by atoms with van der Waals surface area (Å²) in [6, 6.07) is 0.951. The number of aryl methyl sites for hydroxylation is 1. The number of carbonyl (C=O) groups is 2. The molecule has 0 bridgehead atoms. The number of likely N-dealkylation sites (tertiary alicyclic amines) is 1. The Kier molecular flexibility index (Phi) is 4.32. The Morgan fingerprint density at radius 1 is 1.52 bits per heavy atom. The fourth-order valence-electron chi connectivity index (χ4n) is 2.77. The third-order valence-electron chi connectivity index (χ3n) is 3.78. The highest BCUT2D eigenvalue weighted by Crippen LogP contribution is 2.30. The molecule has 0 aliphatic carbocycles. The van der Waals surface area contributed by atoms with Gasteiger partial charge in [-0.05, 0) is 12.8 Å². The third-order valence-corrected chi connectivity index (χ3v) is 3.78. The summed E-state index contributed by atoms with van der Waals surface area (Å²) in [6.45, 7) is 5.68. The van der Waals surface area contributed by atoms with Crippen LogP contribution in [0.15, 0.2) is 10.6 Å². The zero-order valence-electron chi connectivity index (χ0n) is 12.4. The van der Waals surface area contributed by atoms with Crippen molar-refractivity contribution in [3.8, 4) is 0 Å². The standard InChI is InChI=1S/C14H21N3O4/c1-7(2)12(11-4-8(3)16-21-11)14(20)17-6-9(18)5-10(17)13(15)19/h4,7,9-10,12,18H,5-6H2,1-3H3,(H2,15,19). The van der Waals surface area contributed by atoms with Gasteiger partial charge in [-0.2, -0.15) is 0 Å². The number of hydrogen-bond donors (Lipinski definition) is 2. The van der Waals surface area contributed by atoms with Crippen LogP contribution in [0.2, 0.25) is 0 Å². The van der Waals surface area contributed by atoms with E-state index in [-0.39, 0.29) is 24.8 Å². The van der Waals surface area contributed by atoms with Crippen LogP contribution in [0.4, 0.5) is 0 Å². The molecule has 3 atom stereocenters. The zero-order valence-corrected chi connectivity index (χ0v) is 12.4. The van der Waals surface area contributed by atoms with Crippen LogP contribution in [-0.2, 0) is 9.59 Å². The van der Waals surface area contributed by atoms with Crippen molar-refractivity contribution in [2.24, 2.45) is 11.7 Å². The Hall–Kier alpha value is -1.89. The topological polar surface area (TPSA) is 110 Å². The lowest BCUT2D eigenvalue weighted by Gasteiger charge is -2.27. The number of nitrogens with zero attached hydrogens (tertiary/aromatic N) is 2. The van der Waals surface area contributed by atoms with E-state index in [9.17, 15) is 14.7 Å². The van der Waals surface area contributed by atoms with Gasteiger partial charge in [-0.3, -0.25) is 9.59 Å². The number of primary amides is 1. The van der Waals surface area contributed by atoms with Crippen molar-refractivity contribution in [1.82, 2.24) is 10.1 Å². The number of aliphatic hydroxyl groups excluding tert-OH is 1. The summed E-state index contributed by atoms with van der Waals surface area (Å²) in [5.74, 6) is -0.968. The third kappa shape index (κ3) is 3.07. The van der Waals surface area contributed by atoms with Crippen molar-refractivity contribution >= 4 is 11.8 Å². The van der Waals surface area contributed by atoms with E-state index in [1.807, 2.05) is 13.8 Å². The summed E-state index contributed by atoms with van der Waals surface area (Å²) in [6.07, 6.45) is -0.544. The van der Waals surface area contributed by atoms with Gasteiger partial charge in [0.1, 0.15) is 17.7 Å². The van der Waals surface area contributed by atoms with E-state index in [0.717, 1.165) is 0 Å². The van der Waals surface area contributed by atoms with E-state index in [2.05, 4.69) is 5.16 Å². The maximum Gasteiger partial charge on any atom is 0.240 e. The lowest BCUT2D eigenvalue weighted by Crippen LogP contribution is -2.46. The van der Waals surface area contributed by atoms with Crippen LogP contribution in [0.1, 0.15) is 37.6 Å². The summed E-state index contributed by atoms with van der Waals surface area (Å²) in [5, 5.41) is 13.5. The summed E-state index contributed by atoms with van der Waals surface area (Å²) in [4.78, 5) is 25.6. The zero-order chi connectivity index (χ0) is 15.7.